The van der Waals surface area contributed by atoms with Crippen molar-refractivity contribution in [3.63, 3.8) is 0 Å². The highest BCUT2D eigenvalue weighted by molar-refractivity contribution is 6.31. The van der Waals surface area contributed by atoms with Crippen LogP contribution in [-0.2, 0) is 9.59 Å². The quantitative estimate of drug-likeness (QED) is 0.741. The molecule has 0 heterocycles. The Hall–Kier alpha value is -2.60. The number of hydrogen-bond acceptors (Lipinski definition) is 3. The van der Waals surface area contributed by atoms with E-state index in [1.807, 2.05) is 6.92 Å². The molecular weight excluding hydrogens is 359 g/mol. The van der Waals surface area contributed by atoms with Crippen molar-refractivity contribution in [2.75, 3.05) is 17.2 Å². The third-order valence-electron chi connectivity index (χ3n) is 4.22. The van der Waals surface area contributed by atoms with Gasteiger partial charge in [-0.2, -0.15) is 0 Å². The summed E-state index contributed by atoms with van der Waals surface area (Å²) in [6, 6.07) is 10.8. The van der Waals surface area contributed by atoms with E-state index in [4.69, 9.17) is 16.3 Å². The number of nitrogens with one attached hydrogen (secondary N) is 2. The zero-order valence-electron chi connectivity index (χ0n) is 14.1. The number of carbonyl (C=O) groups excluding carboxylic acids is 2. The van der Waals surface area contributed by atoms with Gasteiger partial charge in [0.25, 0.3) is 0 Å². The Kier molecular flexibility index (Phi) is 5.13. The third-order valence-corrected chi connectivity index (χ3v) is 4.51. The Balaban J connectivity index is 1.66. The van der Waals surface area contributed by atoms with Crippen molar-refractivity contribution in [2.45, 2.75) is 19.8 Å². The lowest BCUT2D eigenvalue weighted by Gasteiger charge is -2.16. The Morgan fingerprint density at radius 3 is 2.19 bits per heavy atom. The van der Waals surface area contributed by atoms with Crippen molar-refractivity contribution in [1.29, 1.82) is 0 Å². The number of amides is 2. The number of halogens is 2. The molecular formula is C19H18ClFN2O3. The Bertz CT molecular complexity index is 835. The van der Waals surface area contributed by atoms with Crippen LogP contribution in [0.4, 0.5) is 15.8 Å². The fraction of sp³-hybridized carbons (Fsp3) is 0.263. The average Bonchev–Trinajstić information content (AvgIpc) is 3.42. The van der Waals surface area contributed by atoms with Gasteiger partial charge in [0, 0.05) is 11.4 Å². The number of rotatable bonds is 6. The first-order chi connectivity index (χ1) is 12.4. The van der Waals surface area contributed by atoms with Gasteiger partial charge in [0.15, 0.2) is 0 Å². The maximum atomic E-state index is 13.2. The minimum absolute atomic E-state index is 0.0912. The van der Waals surface area contributed by atoms with Crippen LogP contribution in [0.25, 0.3) is 0 Å². The van der Waals surface area contributed by atoms with E-state index in [1.165, 1.54) is 12.1 Å². The molecule has 136 valence electrons. The third kappa shape index (κ3) is 3.80. The summed E-state index contributed by atoms with van der Waals surface area (Å²) < 4.78 is 18.6. The second-order valence-corrected chi connectivity index (χ2v) is 6.48. The van der Waals surface area contributed by atoms with E-state index in [0.29, 0.717) is 36.6 Å². The molecule has 2 aromatic rings. The first kappa shape index (κ1) is 18.2. The molecule has 0 bridgehead atoms. The molecule has 0 saturated heterocycles. The molecule has 0 unspecified atom stereocenters. The molecule has 1 aliphatic rings. The van der Waals surface area contributed by atoms with Gasteiger partial charge in [-0.25, -0.2) is 4.39 Å². The van der Waals surface area contributed by atoms with E-state index in [1.54, 1.807) is 24.3 Å². The number of carbonyl (C=O) groups is 2. The fourth-order valence-electron chi connectivity index (χ4n) is 2.56. The molecule has 5 nitrogen and oxygen atoms in total. The van der Waals surface area contributed by atoms with Gasteiger partial charge in [0.2, 0.25) is 11.8 Å². The summed E-state index contributed by atoms with van der Waals surface area (Å²) in [5.41, 5.74) is -0.177. The molecule has 0 aromatic heterocycles. The van der Waals surface area contributed by atoms with Crippen LogP contribution in [0.2, 0.25) is 5.02 Å². The van der Waals surface area contributed by atoms with Crippen LogP contribution < -0.4 is 15.4 Å². The lowest BCUT2D eigenvalue weighted by atomic mass is 10.0. The summed E-state index contributed by atoms with van der Waals surface area (Å²) >= 11 is 5.72. The second-order valence-electron chi connectivity index (χ2n) is 6.08. The van der Waals surface area contributed by atoms with Crippen LogP contribution in [0, 0.1) is 11.2 Å². The van der Waals surface area contributed by atoms with Crippen molar-refractivity contribution >= 4 is 34.8 Å². The minimum atomic E-state index is -1.11. The normalized spacial score (nSPS) is 14.4. The summed E-state index contributed by atoms with van der Waals surface area (Å²) in [4.78, 5) is 25.1. The Morgan fingerprint density at radius 2 is 1.65 bits per heavy atom. The first-order valence-electron chi connectivity index (χ1n) is 8.25. The Labute approximate surface area is 155 Å². The van der Waals surface area contributed by atoms with E-state index in [2.05, 4.69) is 10.6 Å². The molecule has 0 aliphatic heterocycles. The predicted octanol–water partition coefficient (Wildman–Crippen LogP) is 4.24. The van der Waals surface area contributed by atoms with E-state index < -0.39 is 17.1 Å². The average molecular weight is 377 g/mol. The summed E-state index contributed by atoms with van der Waals surface area (Å²) in [5.74, 6) is -0.660. The van der Waals surface area contributed by atoms with Crippen LogP contribution in [-0.4, -0.2) is 18.4 Å². The highest BCUT2D eigenvalue weighted by Gasteiger charge is 2.56. The predicted molar refractivity (Wildman–Crippen MR) is 97.9 cm³/mol. The largest absolute Gasteiger partial charge is 0.494 e. The van der Waals surface area contributed by atoms with Crippen LogP contribution in [0.1, 0.15) is 19.8 Å². The molecule has 1 saturated carbocycles. The van der Waals surface area contributed by atoms with Crippen molar-refractivity contribution in [1.82, 2.24) is 0 Å². The zero-order chi connectivity index (χ0) is 18.7. The maximum absolute atomic E-state index is 13.2. The molecule has 26 heavy (non-hydrogen) atoms. The summed E-state index contributed by atoms with van der Waals surface area (Å²) in [7, 11) is 0. The summed E-state index contributed by atoms with van der Waals surface area (Å²) in [6.07, 6.45) is 0.910. The fourth-order valence-corrected chi connectivity index (χ4v) is 2.74. The minimum Gasteiger partial charge on any atom is -0.494 e. The van der Waals surface area contributed by atoms with E-state index in [0.717, 1.165) is 6.07 Å². The molecule has 0 atom stereocenters. The molecule has 2 aromatic carbocycles. The second kappa shape index (κ2) is 7.33. The molecule has 2 N–H and O–H groups in total. The van der Waals surface area contributed by atoms with E-state index in [-0.39, 0.29) is 10.9 Å². The number of anilines is 2. The van der Waals surface area contributed by atoms with Gasteiger partial charge in [-0.05, 0) is 62.2 Å². The van der Waals surface area contributed by atoms with E-state index >= 15 is 0 Å². The van der Waals surface area contributed by atoms with Gasteiger partial charge in [0.05, 0.1) is 11.6 Å². The standard InChI is InChI=1S/C19H18ClFN2O3/c1-2-26-14-6-3-12(4-7-14)22-17(24)19(9-10-19)18(25)23-13-5-8-16(21)15(20)11-13/h3-8,11H,2,9-10H2,1H3,(H,22,24)(H,23,25). The van der Waals surface area contributed by atoms with Crippen LogP contribution in [0.3, 0.4) is 0 Å². The smallest absolute Gasteiger partial charge is 0.240 e. The molecule has 2 amide bonds. The van der Waals surface area contributed by atoms with Gasteiger partial charge in [0.1, 0.15) is 17.0 Å². The highest BCUT2D eigenvalue weighted by atomic mass is 35.5. The number of hydrogen-bond donors (Lipinski definition) is 2. The van der Waals surface area contributed by atoms with Crippen molar-refractivity contribution in [2.24, 2.45) is 5.41 Å². The van der Waals surface area contributed by atoms with Gasteiger partial charge in [-0.3, -0.25) is 9.59 Å². The topological polar surface area (TPSA) is 67.4 Å². The van der Waals surface area contributed by atoms with Crippen LogP contribution in [0.5, 0.6) is 5.75 Å². The molecule has 0 spiro atoms. The van der Waals surface area contributed by atoms with E-state index in [9.17, 15) is 14.0 Å². The van der Waals surface area contributed by atoms with Gasteiger partial charge >= 0.3 is 0 Å². The SMILES string of the molecule is CCOc1ccc(NC(=O)C2(C(=O)Nc3ccc(F)c(Cl)c3)CC2)cc1. The molecule has 1 aliphatic carbocycles. The summed E-state index contributed by atoms with van der Waals surface area (Å²) in [5, 5.41) is 5.30. The number of ether oxygens (including phenoxy) is 1. The van der Waals surface area contributed by atoms with Crippen molar-refractivity contribution in [3.05, 3.63) is 53.3 Å². The zero-order valence-corrected chi connectivity index (χ0v) is 14.9. The molecule has 3 rings (SSSR count). The molecule has 7 heteroatoms. The highest BCUT2D eigenvalue weighted by Crippen LogP contribution is 2.47. The van der Waals surface area contributed by atoms with Crippen LogP contribution >= 0.6 is 11.6 Å². The van der Waals surface area contributed by atoms with Crippen LogP contribution in [0.15, 0.2) is 42.5 Å². The molecule has 1 fully saturated rings. The van der Waals surface area contributed by atoms with Crippen molar-refractivity contribution in [3.8, 4) is 5.75 Å². The lowest BCUT2D eigenvalue weighted by Crippen LogP contribution is -2.35. The van der Waals surface area contributed by atoms with Gasteiger partial charge < -0.3 is 15.4 Å². The Morgan fingerprint density at radius 1 is 1.08 bits per heavy atom. The monoisotopic (exact) mass is 376 g/mol. The van der Waals surface area contributed by atoms with Gasteiger partial charge in [-0.1, -0.05) is 11.6 Å². The maximum Gasteiger partial charge on any atom is 0.240 e. The number of benzene rings is 2. The van der Waals surface area contributed by atoms with Crippen molar-refractivity contribution < 1.29 is 18.7 Å². The lowest BCUT2D eigenvalue weighted by molar-refractivity contribution is -0.131. The first-order valence-corrected chi connectivity index (χ1v) is 8.63. The van der Waals surface area contributed by atoms with Gasteiger partial charge in [-0.15, -0.1) is 0 Å². The molecule has 0 radical (unpaired) electrons. The summed E-state index contributed by atoms with van der Waals surface area (Å²) in [6.45, 7) is 2.45.